The van der Waals surface area contributed by atoms with E-state index < -0.39 is 0 Å². The first-order chi connectivity index (χ1) is 14.6. The second-order valence-electron chi connectivity index (χ2n) is 8.13. The third-order valence-electron chi connectivity index (χ3n) is 6.21. The Morgan fingerprint density at radius 3 is 2.67 bits per heavy atom. The number of hydrogen-bond donors (Lipinski definition) is 0. The molecule has 8 heteroatoms. The minimum absolute atomic E-state index is 0.00868. The number of ether oxygens (including phenoxy) is 2. The number of piperidine rings is 1. The highest BCUT2D eigenvalue weighted by Crippen LogP contribution is 2.32. The maximum atomic E-state index is 12.9. The first kappa shape index (κ1) is 20.5. The lowest BCUT2D eigenvalue weighted by Gasteiger charge is -2.38. The molecule has 1 aromatic carbocycles. The minimum Gasteiger partial charge on any atom is -0.482 e. The molecule has 2 fully saturated rings. The predicted molar refractivity (Wildman–Crippen MR) is 110 cm³/mol. The Kier molecular flexibility index (Phi) is 6.11. The Morgan fingerprint density at radius 1 is 1.13 bits per heavy atom. The van der Waals surface area contributed by atoms with Crippen LogP contribution in [0.5, 0.6) is 5.75 Å². The van der Waals surface area contributed by atoms with Crippen LogP contribution in [0.2, 0.25) is 0 Å². The highest BCUT2D eigenvalue weighted by molar-refractivity contribution is 6.02. The quantitative estimate of drug-likeness (QED) is 0.713. The zero-order valence-electron chi connectivity index (χ0n) is 17.4. The highest BCUT2D eigenvalue weighted by Gasteiger charge is 2.39. The summed E-state index contributed by atoms with van der Waals surface area (Å²) in [5, 5.41) is 0. The maximum absolute atomic E-state index is 12.9. The Hall–Kier alpha value is -2.77. The van der Waals surface area contributed by atoms with Gasteiger partial charge in [-0.25, -0.2) is 4.79 Å². The van der Waals surface area contributed by atoms with Gasteiger partial charge in [-0.1, -0.05) is 31.9 Å². The zero-order valence-corrected chi connectivity index (χ0v) is 17.4. The van der Waals surface area contributed by atoms with Crippen molar-refractivity contribution >= 4 is 23.6 Å². The number of rotatable bonds is 6. The fourth-order valence-corrected chi connectivity index (χ4v) is 4.54. The van der Waals surface area contributed by atoms with Gasteiger partial charge >= 0.3 is 6.09 Å². The molecule has 3 aliphatic heterocycles. The number of hydrogen-bond acceptors (Lipinski definition) is 5. The van der Waals surface area contributed by atoms with E-state index in [1.807, 2.05) is 17.0 Å². The van der Waals surface area contributed by atoms with Gasteiger partial charge in [0, 0.05) is 19.1 Å². The molecule has 0 spiro atoms. The predicted octanol–water partition coefficient (Wildman–Crippen LogP) is 2.41. The van der Waals surface area contributed by atoms with Gasteiger partial charge in [-0.15, -0.1) is 0 Å². The van der Waals surface area contributed by atoms with Crippen LogP contribution in [0.25, 0.3) is 0 Å². The number of para-hydroxylation sites is 2. The van der Waals surface area contributed by atoms with Gasteiger partial charge in [0.2, 0.25) is 5.91 Å². The summed E-state index contributed by atoms with van der Waals surface area (Å²) in [4.78, 5) is 42.7. The lowest BCUT2D eigenvalue weighted by atomic mass is 10.00. The van der Waals surface area contributed by atoms with Crippen molar-refractivity contribution in [2.24, 2.45) is 0 Å². The summed E-state index contributed by atoms with van der Waals surface area (Å²) < 4.78 is 10.7. The first-order valence-electron chi connectivity index (χ1n) is 10.8. The summed E-state index contributed by atoms with van der Waals surface area (Å²) in [6, 6.07) is 7.52. The molecular formula is C22H29N3O5. The maximum Gasteiger partial charge on any atom is 0.410 e. The van der Waals surface area contributed by atoms with Crippen molar-refractivity contribution in [2.75, 3.05) is 37.7 Å². The zero-order chi connectivity index (χ0) is 21.1. The second kappa shape index (κ2) is 8.93. The molecule has 4 rings (SSSR count). The molecule has 1 aromatic rings. The average Bonchev–Trinajstić information content (AvgIpc) is 3.14. The van der Waals surface area contributed by atoms with Gasteiger partial charge in [0.25, 0.3) is 5.91 Å². The van der Waals surface area contributed by atoms with Gasteiger partial charge in [0.1, 0.15) is 18.9 Å². The standard InChI is InChI=1S/C22H29N3O5/c1-2-3-6-17-14-30-22(28)25(17)16-9-11-23(12-10-16)20(26)13-24-18-7-4-5-8-19(18)29-15-21(24)27/h4-5,7-8,16-17H,2-3,6,9-15H2,1H3. The Labute approximate surface area is 176 Å². The van der Waals surface area contributed by atoms with Crippen LogP contribution in [0.3, 0.4) is 0 Å². The van der Waals surface area contributed by atoms with E-state index in [1.54, 1.807) is 17.0 Å². The number of anilines is 1. The van der Waals surface area contributed by atoms with E-state index in [0.717, 1.165) is 32.1 Å². The number of nitrogens with zero attached hydrogens (tertiary/aromatic N) is 3. The van der Waals surface area contributed by atoms with Gasteiger partial charge in [-0.3, -0.25) is 19.4 Å². The van der Waals surface area contributed by atoms with Gasteiger partial charge in [-0.05, 0) is 31.4 Å². The summed E-state index contributed by atoms with van der Waals surface area (Å²) in [6.45, 7) is 3.72. The van der Waals surface area contributed by atoms with Crippen LogP contribution in [0.1, 0.15) is 39.0 Å². The molecule has 162 valence electrons. The van der Waals surface area contributed by atoms with Crippen LogP contribution >= 0.6 is 0 Å². The normalized spacial score (nSPS) is 22.0. The monoisotopic (exact) mass is 415 g/mol. The molecule has 3 amide bonds. The number of likely N-dealkylation sites (tertiary alicyclic amines) is 1. The van der Waals surface area contributed by atoms with E-state index in [9.17, 15) is 14.4 Å². The van der Waals surface area contributed by atoms with Crippen molar-refractivity contribution in [1.29, 1.82) is 0 Å². The molecule has 0 radical (unpaired) electrons. The van der Waals surface area contributed by atoms with Gasteiger partial charge < -0.3 is 14.4 Å². The summed E-state index contributed by atoms with van der Waals surface area (Å²) >= 11 is 0. The molecule has 3 heterocycles. The van der Waals surface area contributed by atoms with Crippen LogP contribution in [0, 0.1) is 0 Å². The summed E-state index contributed by atoms with van der Waals surface area (Å²) in [5.41, 5.74) is 0.635. The molecule has 1 unspecified atom stereocenters. The molecule has 0 N–H and O–H groups in total. The molecule has 1 atom stereocenters. The molecule has 2 saturated heterocycles. The van der Waals surface area contributed by atoms with E-state index >= 15 is 0 Å². The highest BCUT2D eigenvalue weighted by atomic mass is 16.6. The topological polar surface area (TPSA) is 79.4 Å². The van der Waals surface area contributed by atoms with E-state index in [2.05, 4.69) is 6.92 Å². The Morgan fingerprint density at radius 2 is 1.90 bits per heavy atom. The number of carbonyl (C=O) groups excluding carboxylic acids is 3. The number of cyclic esters (lactones) is 1. The van der Waals surface area contributed by atoms with Crippen LogP contribution < -0.4 is 9.64 Å². The van der Waals surface area contributed by atoms with E-state index in [1.165, 1.54) is 4.90 Å². The summed E-state index contributed by atoms with van der Waals surface area (Å²) in [6.07, 6.45) is 4.36. The third-order valence-corrected chi connectivity index (χ3v) is 6.21. The molecule has 8 nitrogen and oxygen atoms in total. The first-order valence-corrected chi connectivity index (χ1v) is 10.8. The molecule has 0 saturated carbocycles. The van der Waals surface area contributed by atoms with Crippen molar-refractivity contribution in [3.63, 3.8) is 0 Å². The van der Waals surface area contributed by atoms with Crippen molar-refractivity contribution in [2.45, 2.75) is 51.1 Å². The molecule has 30 heavy (non-hydrogen) atoms. The van der Waals surface area contributed by atoms with Gasteiger partial charge in [-0.2, -0.15) is 0 Å². The molecule has 3 aliphatic rings. The summed E-state index contributed by atoms with van der Waals surface area (Å²) in [5.74, 6) is 0.329. The van der Waals surface area contributed by atoms with Gasteiger partial charge in [0.15, 0.2) is 6.61 Å². The smallest absolute Gasteiger partial charge is 0.410 e. The molecule has 0 aromatic heterocycles. The lowest BCUT2D eigenvalue weighted by Crippen LogP contribution is -2.52. The second-order valence-corrected chi connectivity index (χ2v) is 8.13. The summed E-state index contributed by atoms with van der Waals surface area (Å²) in [7, 11) is 0. The third kappa shape index (κ3) is 4.08. The fourth-order valence-electron chi connectivity index (χ4n) is 4.54. The van der Waals surface area contributed by atoms with Crippen LogP contribution in [0.15, 0.2) is 24.3 Å². The molecular weight excluding hydrogens is 386 g/mol. The largest absolute Gasteiger partial charge is 0.482 e. The number of benzene rings is 1. The Bertz CT molecular complexity index is 806. The number of amides is 3. The SMILES string of the molecule is CCCCC1COC(=O)N1C1CCN(C(=O)CN2C(=O)COc3ccccc32)CC1. The molecule has 0 aliphatic carbocycles. The van der Waals surface area contributed by atoms with Crippen LogP contribution in [0.4, 0.5) is 10.5 Å². The number of fused-ring (bicyclic) bond motifs is 1. The van der Waals surface area contributed by atoms with Crippen LogP contribution in [-0.4, -0.2) is 72.6 Å². The van der Waals surface area contributed by atoms with Crippen molar-refractivity contribution in [3.8, 4) is 5.75 Å². The Balaban J connectivity index is 1.35. The van der Waals surface area contributed by atoms with E-state index in [-0.39, 0.29) is 43.1 Å². The molecule has 0 bridgehead atoms. The van der Waals surface area contributed by atoms with Crippen molar-refractivity contribution in [1.82, 2.24) is 9.80 Å². The number of carbonyl (C=O) groups is 3. The van der Waals surface area contributed by atoms with Crippen molar-refractivity contribution < 1.29 is 23.9 Å². The van der Waals surface area contributed by atoms with Gasteiger partial charge in [0.05, 0.1) is 11.7 Å². The van der Waals surface area contributed by atoms with E-state index in [4.69, 9.17) is 9.47 Å². The van der Waals surface area contributed by atoms with Crippen LogP contribution in [-0.2, 0) is 14.3 Å². The number of unbranched alkanes of at least 4 members (excludes halogenated alkanes) is 1. The minimum atomic E-state index is -0.226. The van der Waals surface area contributed by atoms with Crippen molar-refractivity contribution in [3.05, 3.63) is 24.3 Å². The lowest BCUT2D eigenvalue weighted by molar-refractivity contribution is -0.133. The average molecular weight is 415 g/mol. The van der Waals surface area contributed by atoms with E-state index in [0.29, 0.717) is 31.1 Å². The fraction of sp³-hybridized carbons (Fsp3) is 0.591.